The van der Waals surface area contributed by atoms with E-state index in [9.17, 15) is 4.79 Å². The molecule has 3 N–H and O–H groups in total. The summed E-state index contributed by atoms with van der Waals surface area (Å²) in [6.07, 6.45) is 0.719. The molecule has 0 radical (unpaired) electrons. The minimum absolute atomic E-state index is 0.0378. The van der Waals surface area contributed by atoms with Gasteiger partial charge in [0.25, 0.3) is 5.91 Å². The number of nitrogens with zero attached hydrogens (tertiary/aromatic N) is 2. The lowest BCUT2D eigenvalue weighted by Gasteiger charge is -2.37. The topological polar surface area (TPSA) is 79.5 Å². The Bertz CT molecular complexity index is 374. The molecule has 1 amide bonds. The Kier molecular flexibility index (Phi) is 3.52. The van der Waals surface area contributed by atoms with Crippen LogP contribution in [0, 0.1) is 5.92 Å². The van der Waals surface area contributed by atoms with E-state index in [0.717, 1.165) is 11.4 Å². The molecule has 5 nitrogen and oxygen atoms in total. The molecule has 2 heterocycles. The number of aromatic nitrogens is 1. The Morgan fingerprint density at radius 3 is 3.06 bits per heavy atom. The lowest BCUT2D eigenvalue weighted by atomic mass is 10.0. The number of carbonyl (C=O) groups excluding carboxylic acids is 1. The maximum atomic E-state index is 11.9. The van der Waals surface area contributed by atoms with Crippen molar-refractivity contribution in [2.45, 2.75) is 6.42 Å². The first kappa shape index (κ1) is 11.5. The van der Waals surface area contributed by atoms with Crippen molar-refractivity contribution in [2.24, 2.45) is 11.7 Å². The number of rotatable bonds is 4. The van der Waals surface area contributed by atoms with Gasteiger partial charge in [0.05, 0.1) is 5.01 Å². The summed E-state index contributed by atoms with van der Waals surface area (Å²) in [6.45, 7) is 1.98. The number of nitrogens with two attached hydrogens (primary N) is 1. The van der Waals surface area contributed by atoms with Gasteiger partial charge in [-0.25, -0.2) is 4.98 Å². The Labute approximate surface area is 97.9 Å². The van der Waals surface area contributed by atoms with Crippen LogP contribution < -0.4 is 5.73 Å². The van der Waals surface area contributed by atoms with Crippen LogP contribution in [0.3, 0.4) is 0 Å². The van der Waals surface area contributed by atoms with Gasteiger partial charge in [-0.2, -0.15) is 0 Å². The van der Waals surface area contributed by atoms with Crippen LogP contribution >= 0.6 is 11.3 Å². The highest BCUT2D eigenvalue weighted by atomic mass is 32.1. The normalized spacial score (nSPS) is 16.2. The van der Waals surface area contributed by atoms with E-state index in [1.165, 1.54) is 11.3 Å². The van der Waals surface area contributed by atoms with Crippen molar-refractivity contribution in [3.8, 4) is 0 Å². The molecule has 16 heavy (non-hydrogen) atoms. The zero-order valence-electron chi connectivity index (χ0n) is 8.93. The van der Waals surface area contributed by atoms with E-state index in [4.69, 9.17) is 10.8 Å². The van der Waals surface area contributed by atoms with E-state index >= 15 is 0 Å². The first-order valence-corrected chi connectivity index (χ1v) is 6.17. The number of hydrogen-bond donors (Lipinski definition) is 2. The molecule has 2 rings (SSSR count). The number of likely N-dealkylation sites (tertiary alicyclic amines) is 1. The smallest absolute Gasteiger partial charge is 0.273 e. The first-order valence-electron chi connectivity index (χ1n) is 5.29. The molecule has 0 spiro atoms. The molecule has 1 aromatic rings. The second-order valence-corrected chi connectivity index (χ2v) is 4.87. The average Bonchev–Trinajstić information content (AvgIpc) is 2.65. The van der Waals surface area contributed by atoms with Crippen molar-refractivity contribution in [2.75, 3.05) is 26.2 Å². The van der Waals surface area contributed by atoms with Gasteiger partial charge in [0.2, 0.25) is 0 Å². The summed E-state index contributed by atoms with van der Waals surface area (Å²) in [4.78, 5) is 17.8. The summed E-state index contributed by atoms with van der Waals surface area (Å²) in [5.41, 5.74) is 5.93. The maximum Gasteiger partial charge on any atom is 0.273 e. The summed E-state index contributed by atoms with van der Waals surface area (Å²) < 4.78 is 0. The average molecular weight is 241 g/mol. The van der Waals surface area contributed by atoms with Gasteiger partial charge in [0.1, 0.15) is 5.69 Å². The minimum atomic E-state index is -0.0378. The summed E-state index contributed by atoms with van der Waals surface area (Å²) >= 11 is 1.47. The van der Waals surface area contributed by atoms with E-state index in [1.807, 2.05) is 0 Å². The standard InChI is InChI=1S/C10H15N3O2S/c11-2-1-9-12-8(6-16-9)10(15)13-3-7(4-13)5-14/h6-7,14H,1-5,11H2. The highest BCUT2D eigenvalue weighted by molar-refractivity contribution is 7.09. The fraction of sp³-hybridized carbons (Fsp3) is 0.600. The van der Waals surface area contributed by atoms with Crippen molar-refractivity contribution in [1.82, 2.24) is 9.88 Å². The van der Waals surface area contributed by atoms with Gasteiger partial charge in [-0.3, -0.25) is 4.79 Å². The van der Waals surface area contributed by atoms with Crippen molar-refractivity contribution in [3.63, 3.8) is 0 Å². The van der Waals surface area contributed by atoms with E-state index in [-0.39, 0.29) is 18.4 Å². The van der Waals surface area contributed by atoms with Gasteiger partial charge in [-0.15, -0.1) is 11.3 Å². The Morgan fingerprint density at radius 1 is 1.69 bits per heavy atom. The van der Waals surface area contributed by atoms with Crippen LogP contribution in [0.2, 0.25) is 0 Å². The monoisotopic (exact) mass is 241 g/mol. The molecule has 0 bridgehead atoms. The number of aliphatic hydroxyl groups excluding tert-OH is 1. The summed E-state index contributed by atoms with van der Waals surface area (Å²) in [6, 6.07) is 0. The predicted octanol–water partition coefficient (Wildman–Crippen LogP) is -0.291. The molecule has 0 aliphatic carbocycles. The number of carbonyl (C=O) groups is 1. The third kappa shape index (κ3) is 2.23. The molecule has 1 fully saturated rings. The third-order valence-corrected chi connectivity index (χ3v) is 3.54. The fourth-order valence-electron chi connectivity index (χ4n) is 1.66. The highest BCUT2D eigenvalue weighted by Crippen LogP contribution is 2.19. The molecular weight excluding hydrogens is 226 g/mol. The van der Waals surface area contributed by atoms with E-state index in [0.29, 0.717) is 25.3 Å². The molecule has 0 atom stereocenters. The van der Waals surface area contributed by atoms with Crippen molar-refractivity contribution >= 4 is 17.2 Å². The summed E-state index contributed by atoms with van der Waals surface area (Å²) in [5.74, 6) is 0.204. The number of aliphatic hydroxyl groups is 1. The van der Waals surface area contributed by atoms with Crippen LogP contribution in [0.15, 0.2) is 5.38 Å². The van der Waals surface area contributed by atoms with Crippen molar-refractivity contribution < 1.29 is 9.90 Å². The lowest BCUT2D eigenvalue weighted by Crippen LogP contribution is -2.51. The van der Waals surface area contributed by atoms with Crippen LogP contribution in [0.5, 0.6) is 0 Å². The largest absolute Gasteiger partial charge is 0.396 e. The second kappa shape index (κ2) is 4.90. The van der Waals surface area contributed by atoms with Gasteiger partial charge in [-0.1, -0.05) is 0 Å². The van der Waals surface area contributed by atoms with E-state index in [1.54, 1.807) is 10.3 Å². The Balaban J connectivity index is 1.94. The van der Waals surface area contributed by atoms with Gasteiger partial charge in [0.15, 0.2) is 0 Å². The zero-order chi connectivity index (χ0) is 11.5. The second-order valence-electron chi connectivity index (χ2n) is 3.92. The van der Waals surface area contributed by atoms with Gasteiger partial charge in [-0.05, 0) is 6.54 Å². The van der Waals surface area contributed by atoms with Crippen LogP contribution in [-0.2, 0) is 6.42 Å². The molecule has 0 saturated carbocycles. The van der Waals surface area contributed by atoms with Crippen molar-refractivity contribution in [3.05, 3.63) is 16.1 Å². The van der Waals surface area contributed by atoms with Crippen LogP contribution in [-0.4, -0.2) is 47.1 Å². The Morgan fingerprint density at radius 2 is 2.44 bits per heavy atom. The fourth-order valence-corrected chi connectivity index (χ4v) is 2.45. The number of amides is 1. The molecule has 1 aliphatic heterocycles. The quantitative estimate of drug-likeness (QED) is 0.759. The number of hydrogen-bond acceptors (Lipinski definition) is 5. The molecule has 1 aromatic heterocycles. The van der Waals surface area contributed by atoms with E-state index in [2.05, 4.69) is 4.98 Å². The van der Waals surface area contributed by atoms with Gasteiger partial charge in [0, 0.05) is 37.4 Å². The van der Waals surface area contributed by atoms with E-state index < -0.39 is 0 Å². The van der Waals surface area contributed by atoms with Crippen LogP contribution in [0.25, 0.3) is 0 Å². The first-order chi connectivity index (χ1) is 7.74. The third-order valence-electron chi connectivity index (χ3n) is 2.63. The maximum absolute atomic E-state index is 11.9. The molecular formula is C10H15N3O2S. The molecule has 88 valence electrons. The molecule has 1 aliphatic rings. The van der Waals surface area contributed by atoms with Crippen molar-refractivity contribution in [1.29, 1.82) is 0 Å². The SMILES string of the molecule is NCCc1nc(C(=O)N2CC(CO)C2)cs1. The number of thiazole rings is 1. The molecule has 0 aromatic carbocycles. The summed E-state index contributed by atoms with van der Waals surface area (Å²) in [7, 11) is 0. The minimum Gasteiger partial charge on any atom is -0.396 e. The van der Waals surface area contributed by atoms with Gasteiger partial charge >= 0.3 is 0 Å². The lowest BCUT2D eigenvalue weighted by molar-refractivity contribution is 0.0357. The van der Waals surface area contributed by atoms with Gasteiger partial charge < -0.3 is 15.7 Å². The summed E-state index contributed by atoms with van der Waals surface area (Å²) in [5, 5.41) is 11.5. The zero-order valence-corrected chi connectivity index (χ0v) is 9.74. The predicted molar refractivity (Wildman–Crippen MR) is 61.4 cm³/mol. The molecule has 6 heteroatoms. The molecule has 1 saturated heterocycles. The highest BCUT2D eigenvalue weighted by Gasteiger charge is 2.31. The van der Waals surface area contributed by atoms with Crippen LogP contribution in [0.1, 0.15) is 15.5 Å². The van der Waals surface area contributed by atoms with Crippen LogP contribution in [0.4, 0.5) is 0 Å². The Hall–Kier alpha value is -0.980. The molecule has 0 unspecified atom stereocenters.